The minimum absolute atomic E-state index is 0.186. The number of allylic oxidation sites excluding steroid dienone is 5. The summed E-state index contributed by atoms with van der Waals surface area (Å²) < 4.78 is 2.69. The number of fused-ring (bicyclic) bond motifs is 10. The predicted octanol–water partition coefficient (Wildman–Crippen LogP) is 12.1. The summed E-state index contributed by atoms with van der Waals surface area (Å²) in [5, 5.41) is 7.74. The Balaban J connectivity index is 1.47. The van der Waals surface area contributed by atoms with Gasteiger partial charge in [0.2, 0.25) is 0 Å². The average Bonchev–Trinajstić information content (AvgIpc) is 3.65. The molecule has 0 N–H and O–H groups in total. The first-order chi connectivity index (χ1) is 24.5. The molecule has 0 bridgehead atoms. The van der Waals surface area contributed by atoms with E-state index in [1.807, 2.05) is 17.4 Å². The number of thiophene rings is 1. The topological polar surface area (TPSA) is 0 Å². The first kappa shape index (κ1) is 30.6. The molecule has 0 unspecified atom stereocenters. The van der Waals surface area contributed by atoms with Gasteiger partial charge in [-0.1, -0.05) is 161 Å². The summed E-state index contributed by atoms with van der Waals surface area (Å²) in [6.07, 6.45) is 13.2. The second kappa shape index (κ2) is 11.8. The van der Waals surface area contributed by atoms with Gasteiger partial charge in [-0.2, -0.15) is 0 Å². The highest BCUT2D eigenvalue weighted by atomic mass is 32.1. The van der Waals surface area contributed by atoms with Gasteiger partial charge in [-0.3, -0.25) is 0 Å². The van der Waals surface area contributed by atoms with Gasteiger partial charge in [-0.15, -0.1) is 11.3 Å². The molecule has 0 atom stereocenters. The summed E-state index contributed by atoms with van der Waals surface area (Å²) in [6.45, 7) is 13.7. The van der Waals surface area contributed by atoms with E-state index in [0.29, 0.717) is 0 Å². The lowest BCUT2D eigenvalue weighted by Gasteiger charge is -2.26. The number of rotatable bonds is 4. The van der Waals surface area contributed by atoms with Crippen molar-refractivity contribution in [1.29, 1.82) is 0 Å². The van der Waals surface area contributed by atoms with E-state index < -0.39 is 0 Å². The Morgan fingerprint density at radius 2 is 1.38 bits per heavy atom. The van der Waals surface area contributed by atoms with Crippen LogP contribution in [0.5, 0.6) is 0 Å². The largest absolute Gasteiger partial charge is 0.135 e. The molecule has 7 aromatic rings. The Morgan fingerprint density at radius 1 is 0.680 bits per heavy atom. The smallest absolute Gasteiger partial charge is 0.0434 e. The van der Waals surface area contributed by atoms with E-state index in [4.69, 9.17) is 6.58 Å². The van der Waals surface area contributed by atoms with E-state index in [0.717, 1.165) is 35.1 Å². The molecule has 0 radical (unpaired) electrons. The maximum Gasteiger partial charge on any atom is 0.0434 e. The van der Waals surface area contributed by atoms with Crippen LogP contribution in [0.4, 0.5) is 0 Å². The maximum absolute atomic E-state index is 4.72. The molecule has 1 heterocycles. The van der Waals surface area contributed by atoms with Crippen molar-refractivity contribution in [2.45, 2.75) is 32.1 Å². The molecule has 0 saturated carbocycles. The molecule has 9 rings (SSSR count). The van der Waals surface area contributed by atoms with Crippen molar-refractivity contribution in [1.82, 2.24) is 0 Å². The van der Waals surface area contributed by atoms with Crippen molar-refractivity contribution in [3.05, 3.63) is 191 Å². The molecular formula is C49H38S. The molecule has 2 aliphatic carbocycles. The molecule has 0 spiro atoms. The summed E-state index contributed by atoms with van der Waals surface area (Å²) in [5.74, 6) is 0. The third-order valence-corrected chi connectivity index (χ3v) is 12.1. The van der Waals surface area contributed by atoms with Crippen molar-refractivity contribution in [3.63, 3.8) is 0 Å². The van der Waals surface area contributed by atoms with Crippen LogP contribution in [0, 0.1) is 0 Å². The lowest BCUT2D eigenvalue weighted by atomic mass is 9.77. The molecule has 1 aromatic heterocycles. The van der Waals surface area contributed by atoms with Crippen molar-refractivity contribution in [3.8, 4) is 11.1 Å². The van der Waals surface area contributed by atoms with Crippen LogP contribution in [-0.2, 0) is 5.41 Å². The molecule has 50 heavy (non-hydrogen) atoms. The second-order valence-corrected chi connectivity index (χ2v) is 15.1. The van der Waals surface area contributed by atoms with Gasteiger partial charge in [0.15, 0.2) is 0 Å². The molecule has 0 nitrogen and oxygen atoms in total. The summed E-state index contributed by atoms with van der Waals surface area (Å²) >= 11 is 1.92. The zero-order chi connectivity index (χ0) is 34.0. The Kier molecular flexibility index (Phi) is 7.23. The van der Waals surface area contributed by atoms with Crippen LogP contribution in [0.1, 0.15) is 54.5 Å². The summed E-state index contributed by atoms with van der Waals surface area (Å²) in [4.78, 5) is 0. The van der Waals surface area contributed by atoms with Gasteiger partial charge >= 0.3 is 0 Å². The van der Waals surface area contributed by atoms with E-state index in [1.54, 1.807) is 0 Å². The summed E-state index contributed by atoms with van der Waals surface area (Å²) in [6, 6.07) is 42.6. The Morgan fingerprint density at radius 3 is 2.24 bits per heavy atom. The molecule has 0 aliphatic heterocycles. The molecule has 0 amide bonds. The van der Waals surface area contributed by atoms with Crippen LogP contribution in [0.3, 0.4) is 0 Å². The third kappa shape index (κ3) is 4.57. The van der Waals surface area contributed by atoms with Gasteiger partial charge in [0.1, 0.15) is 0 Å². The summed E-state index contributed by atoms with van der Waals surface area (Å²) in [7, 11) is 0. The summed E-state index contributed by atoms with van der Waals surface area (Å²) in [5.41, 5.74) is 12.3. The first-order valence-corrected chi connectivity index (χ1v) is 18.4. The standard InChI is InChI=1S/C49H38S/c1-5-32-18-10-11-19-33(32)31(2)34-20-8-6-7-9-21-37(36-23-13-12-22-35(34)36)42-30-43-39(28-29-40-38-24-15-17-27-45(38)50-48(40)43)46-41-25-14-16-26-44(41)49(3,4)47(42)46/h5,8-30H,1-2,6-7H2,3-4H3/b20-8?,21-9+,35-34?,37-36+. The Hall–Kier alpha value is -5.50. The highest BCUT2D eigenvalue weighted by Gasteiger charge is 2.39. The fourth-order valence-electron chi connectivity index (χ4n) is 8.50. The SMILES string of the molecule is C=Cc1ccccc1C(=C)C1=c2cccc/c2=C(c2cc3c(ccc4c5ccccc5sc34)c3c2C(C)(C)c2ccccc2-3)/C=C/CCC=C1. The average molecular weight is 659 g/mol. The fourth-order valence-corrected chi connectivity index (χ4v) is 9.72. The van der Waals surface area contributed by atoms with Gasteiger partial charge in [0.25, 0.3) is 0 Å². The van der Waals surface area contributed by atoms with Gasteiger partial charge in [0.05, 0.1) is 0 Å². The van der Waals surface area contributed by atoms with Crippen LogP contribution in [0.15, 0.2) is 153 Å². The second-order valence-electron chi connectivity index (χ2n) is 14.0. The van der Waals surface area contributed by atoms with Crippen LogP contribution in [0.2, 0.25) is 0 Å². The van der Waals surface area contributed by atoms with E-state index in [9.17, 15) is 0 Å². The van der Waals surface area contributed by atoms with Crippen LogP contribution >= 0.6 is 11.3 Å². The Bertz CT molecular complexity index is 2760. The van der Waals surface area contributed by atoms with Crippen molar-refractivity contribution in [2.24, 2.45) is 0 Å². The number of benzene rings is 6. The van der Waals surface area contributed by atoms with E-state index in [-0.39, 0.29) is 5.41 Å². The van der Waals surface area contributed by atoms with Gasteiger partial charge in [-0.25, -0.2) is 0 Å². The van der Waals surface area contributed by atoms with Gasteiger partial charge in [0, 0.05) is 31.0 Å². The number of hydrogen-bond acceptors (Lipinski definition) is 1. The van der Waals surface area contributed by atoms with Crippen molar-refractivity contribution >= 4 is 65.1 Å². The van der Waals surface area contributed by atoms with Crippen LogP contribution in [0.25, 0.3) is 64.9 Å². The van der Waals surface area contributed by atoms with Gasteiger partial charge in [-0.05, 0) is 96.5 Å². The molecule has 6 aromatic carbocycles. The highest BCUT2D eigenvalue weighted by Crippen LogP contribution is 2.55. The normalized spacial score (nSPS) is 16.6. The molecule has 240 valence electrons. The lowest BCUT2D eigenvalue weighted by molar-refractivity contribution is 0.659. The molecule has 2 aliphatic rings. The zero-order valence-electron chi connectivity index (χ0n) is 28.6. The fraction of sp³-hybridized carbons (Fsp3) is 0.102. The third-order valence-electron chi connectivity index (χ3n) is 10.9. The monoisotopic (exact) mass is 658 g/mol. The van der Waals surface area contributed by atoms with Crippen LogP contribution in [-0.4, -0.2) is 0 Å². The molecule has 0 fully saturated rings. The zero-order valence-corrected chi connectivity index (χ0v) is 29.4. The Labute approximate surface area is 298 Å². The van der Waals surface area contributed by atoms with E-state index in [2.05, 4.69) is 160 Å². The van der Waals surface area contributed by atoms with Crippen molar-refractivity contribution in [2.75, 3.05) is 0 Å². The first-order valence-electron chi connectivity index (χ1n) is 17.6. The molecule has 0 saturated heterocycles. The highest BCUT2D eigenvalue weighted by molar-refractivity contribution is 7.26. The van der Waals surface area contributed by atoms with Crippen LogP contribution < -0.4 is 10.4 Å². The predicted molar refractivity (Wildman–Crippen MR) is 219 cm³/mol. The van der Waals surface area contributed by atoms with Crippen molar-refractivity contribution < 1.29 is 0 Å². The number of hydrogen-bond donors (Lipinski definition) is 0. The minimum atomic E-state index is -0.186. The molecule has 1 heteroatoms. The quantitative estimate of drug-likeness (QED) is 0.177. The molecular weight excluding hydrogens is 621 g/mol. The van der Waals surface area contributed by atoms with E-state index >= 15 is 0 Å². The van der Waals surface area contributed by atoms with E-state index in [1.165, 1.54) is 74.8 Å². The lowest BCUT2D eigenvalue weighted by Crippen LogP contribution is -2.30. The minimum Gasteiger partial charge on any atom is -0.135 e. The van der Waals surface area contributed by atoms with Gasteiger partial charge < -0.3 is 0 Å². The maximum atomic E-state index is 4.72.